The van der Waals surface area contributed by atoms with E-state index in [1.165, 1.54) is 18.3 Å². The van der Waals surface area contributed by atoms with Crippen LogP contribution in [0.3, 0.4) is 0 Å². The SMILES string of the molecule is CCOc1ccc(C(=O)N/N=C/c2cc(I)c(OCc3ccc(F)cc3)c(OCC)c2)cc1OCC. The van der Waals surface area contributed by atoms with Crippen LogP contribution >= 0.6 is 22.6 Å². The molecule has 0 fully saturated rings. The molecular formula is C27H28FIN2O5. The summed E-state index contributed by atoms with van der Waals surface area (Å²) < 4.78 is 36.8. The predicted molar refractivity (Wildman–Crippen MR) is 145 cm³/mol. The van der Waals surface area contributed by atoms with Crippen LogP contribution in [0.1, 0.15) is 42.3 Å². The Bertz CT molecular complexity index is 1200. The summed E-state index contributed by atoms with van der Waals surface area (Å²) in [5.41, 5.74) is 4.49. The van der Waals surface area contributed by atoms with E-state index in [0.717, 1.165) is 14.7 Å². The molecule has 3 rings (SSSR count). The van der Waals surface area contributed by atoms with E-state index < -0.39 is 0 Å². The second kappa shape index (κ2) is 13.7. The third kappa shape index (κ3) is 7.58. The molecular weight excluding hydrogens is 578 g/mol. The minimum atomic E-state index is -0.380. The Kier molecular flexibility index (Phi) is 10.3. The summed E-state index contributed by atoms with van der Waals surface area (Å²) in [7, 11) is 0. The highest BCUT2D eigenvalue weighted by molar-refractivity contribution is 14.1. The molecule has 36 heavy (non-hydrogen) atoms. The number of amides is 1. The Morgan fingerprint density at radius 3 is 2.25 bits per heavy atom. The number of carbonyl (C=O) groups is 1. The van der Waals surface area contributed by atoms with Crippen LogP contribution in [0.4, 0.5) is 4.39 Å². The number of hydrogen-bond donors (Lipinski definition) is 1. The molecule has 0 atom stereocenters. The molecule has 3 aromatic carbocycles. The molecule has 0 aliphatic rings. The normalized spacial score (nSPS) is 10.8. The number of hydrazone groups is 1. The standard InChI is InChI=1S/C27H28FIN2O5/c1-4-33-23-12-9-20(15-24(23)34-5-2)27(32)31-30-16-19-13-22(29)26(25(14-19)35-6-3)36-17-18-7-10-21(28)11-8-18/h7-16H,4-6,17H2,1-3H3,(H,31,32)/b30-16+. The minimum Gasteiger partial charge on any atom is -0.490 e. The van der Waals surface area contributed by atoms with Gasteiger partial charge in [0.25, 0.3) is 5.91 Å². The number of hydrogen-bond acceptors (Lipinski definition) is 6. The van der Waals surface area contributed by atoms with Crippen molar-refractivity contribution in [1.82, 2.24) is 5.43 Å². The molecule has 190 valence electrons. The second-order valence-corrected chi connectivity index (χ2v) is 8.57. The smallest absolute Gasteiger partial charge is 0.271 e. The first-order valence-electron chi connectivity index (χ1n) is 11.5. The zero-order valence-corrected chi connectivity index (χ0v) is 22.5. The molecule has 0 aliphatic heterocycles. The predicted octanol–water partition coefficient (Wildman–Crippen LogP) is 5.97. The van der Waals surface area contributed by atoms with Crippen molar-refractivity contribution in [3.63, 3.8) is 0 Å². The quantitative estimate of drug-likeness (QED) is 0.156. The van der Waals surface area contributed by atoms with Gasteiger partial charge in [0.05, 0.1) is 29.6 Å². The van der Waals surface area contributed by atoms with Crippen molar-refractivity contribution in [3.8, 4) is 23.0 Å². The largest absolute Gasteiger partial charge is 0.490 e. The Morgan fingerprint density at radius 2 is 1.56 bits per heavy atom. The molecule has 0 radical (unpaired) electrons. The maximum absolute atomic E-state index is 13.2. The van der Waals surface area contributed by atoms with Crippen LogP contribution < -0.4 is 24.4 Å². The zero-order valence-electron chi connectivity index (χ0n) is 20.3. The van der Waals surface area contributed by atoms with Gasteiger partial charge in [0.1, 0.15) is 12.4 Å². The number of nitrogens with zero attached hydrogens (tertiary/aromatic N) is 1. The molecule has 0 saturated carbocycles. The summed E-state index contributed by atoms with van der Waals surface area (Å²) in [5, 5.41) is 4.09. The van der Waals surface area contributed by atoms with Crippen molar-refractivity contribution in [2.24, 2.45) is 5.10 Å². The molecule has 3 aromatic rings. The van der Waals surface area contributed by atoms with Crippen LogP contribution in [0.25, 0.3) is 0 Å². The third-order valence-corrected chi connectivity index (χ3v) is 5.61. The Hall–Kier alpha value is -3.34. The lowest BCUT2D eigenvalue weighted by Gasteiger charge is -2.15. The fourth-order valence-corrected chi connectivity index (χ4v) is 4.01. The fourth-order valence-electron chi connectivity index (χ4n) is 3.22. The number of benzene rings is 3. The summed E-state index contributed by atoms with van der Waals surface area (Å²) in [6.07, 6.45) is 1.53. The first kappa shape index (κ1) is 27.3. The average molecular weight is 606 g/mol. The third-order valence-electron chi connectivity index (χ3n) is 4.81. The Balaban J connectivity index is 1.71. The highest BCUT2D eigenvalue weighted by Gasteiger charge is 2.13. The van der Waals surface area contributed by atoms with Crippen molar-refractivity contribution >= 4 is 34.7 Å². The molecule has 1 amide bonds. The van der Waals surface area contributed by atoms with Crippen molar-refractivity contribution in [2.75, 3.05) is 19.8 Å². The van der Waals surface area contributed by atoms with E-state index in [9.17, 15) is 9.18 Å². The molecule has 0 saturated heterocycles. The summed E-state index contributed by atoms with van der Waals surface area (Å²) in [5.74, 6) is 1.54. The first-order chi connectivity index (χ1) is 17.4. The van der Waals surface area contributed by atoms with Gasteiger partial charge >= 0.3 is 0 Å². The summed E-state index contributed by atoms with van der Waals surface area (Å²) in [6.45, 7) is 7.29. The van der Waals surface area contributed by atoms with Gasteiger partial charge in [-0.25, -0.2) is 9.82 Å². The monoisotopic (exact) mass is 606 g/mol. The van der Waals surface area contributed by atoms with Crippen LogP contribution in [0.2, 0.25) is 0 Å². The Labute approximate surface area is 223 Å². The van der Waals surface area contributed by atoms with Crippen LogP contribution in [0, 0.1) is 9.39 Å². The van der Waals surface area contributed by atoms with Gasteiger partial charge in [-0.3, -0.25) is 4.79 Å². The second-order valence-electron chi connectivity index (χ2n) is 7.40. The lowest BCUT2D eigenvalue weighted by molar-refractivity contribution is 0.0954. The first-order valence-corrected chi connectivity index (χ1v) is 12.6. The van der Waals surface area contributed by atoms with Gasteiger partial charge in [-0.05, 0) is 97.0 Å². The molecule has 0 heterocycles. The van der Waals surface area contributed by atoms with E-state index in [4.69, 9.17) is 18.9 Å². The van der Waals surface area contributed by atoms with Crippen LogP contribution in [-0.2, 0) is 6.61 Å². The van der Waals surface area contributed by atoms with E-state index in [1.54, 1.807) is 36.4 Å². The molecule has 0 spiro atoms. The molecule has 9 heteroatoms. The lowest BCUT2D eigenvalue weighted by Crippen LogP contribution is -2.17. The van der Waals surface area contributed by atoms with Gasteiger partial charge in [0.2, 0.25) is 0 Å². The number of rotatable bonds is 12. The molecule has 0 aromatic heterocycles. The van der Waals surface area contributed by atoms with Gasteiger partial charge in [-0.2, -0.15) is 5.10 Å². The summed E-state index contributed by atoms with van der Waals surface area (Å²) in [6, 6.07) is 14.8. The maximum atomic E-state index is 13.2. The number of nitrogens with one attached hydrogen (secondary N) is 1. The number of carbonyl (C=O) groups excluding carboxylic acids is 1. The van der Waals surface area contributed by atoms with E-state index >= 15 is 0 Å². The highest BCUT2D eigenvalue weighted by atomic mass is 127. The van der Waals surface area contributed by atoms with Gasteiger partial charge in [-0.1, -0.05) is 12.1 Å². The number of ether oxygens (including phenoxy) is 4. The fraction of sp³-hybridized carbons (Fsp3) is 0.259. The van der Waals surface area contributed by atoms with Crippen molar-refractivity contribution in [3.05, 3.63) is 80.7 Å². The molecule has 0 unspecified atom stereocenters. The van der Waals surface area contributed by atoms with Gasteiger partial charge in [0, 0.05) is 5.56 Å². The zero-order chi connectivity index (χ0) is 25.9. The van der Waals surface area contributed by atoms with Crippen molar-refractivity contribution in [2.45, 2.75) is 27.4 Å². The summed E-state index contributed by atoms with van der Waals surface area (Å²) >= 11 is 2.16. The maximum Gasteiger partial charge on any atom is 0.271 e. The van der Waals surface area contributed by atoms with Gasteiger partial charge in [-0.15, -0.1) is 0 Å². The molecule has 0 bridgehead atoms. The van der Waals surface area contributed by atoms with Gasteiger partial charge in [0.15, 0.2) is 23.0 Å². The van der Waals surface area contributed by atoms with Crippen LogP contribution in [-0.4, -0.2) is 31.9 Å². The van der Waals surface area contributed by atoms with Crippen molar-refractivity contribution in [1.29, 1.82) is 0 Å². The average Bonchev–Trinajstić information content (AvgIpc) is 2.86. The van der Waals surface area contributed by atoms with Crippen LogP contribution in [0.5, 0.6) is 23.0 Å². The molecule has 0 aliphatic carbocycles. The summed E-state index contributed by atoms with van der Waals surface area (Å²) in [4.78, 5) is 12.6. The minimum absolute atomic E-state index is 0.270. The van der Waals surface area contributed by atoms with Gasteiger partial charge < -0.3 is 18.9 Å². The highest BCUT2D eigenvalue weighted by Crippen LogP contribution is 2.34. The molecule has 1 N–H and O–H groups in total. The molecule has 7 nitrogen and oxygen atoms in total. The van der Waals surface area contributed by atoms with Crippen molar-refractivity contribution < 1.29 is 28.1 Å². The topological polar surface area (TPSA) is 78.4 Å². The van der Waals surface area contributed by atoms with E-state index in [2.05, 4.69) is 33.1 Å². The Morgan fingerprint density at radius 1 is 0.889 bits per heavy atom. The van der Waals surface area contributed by atoms with E-state index in [-0.39, 0.29) is 18.3 Å². The number of halogens is 2. The van der Waals surface area contributed by atoms with E-state index in [0.29, 0.717) is 48.4 Å². The lowest BCUT2D eigenvalue weighted by atomic mass is 10.2. The van der Waals surface area contributed by atoms with E-state index in [1.807, 2.05) is 26.8 Å². The van der Waals surface area contributed by atoms with Crippen LogP contribution in [0.15, 0.2) is 59.7 Å².